The number of rotatable bonds is 6. The zero-order valence-electron chi connectivity index (χ0n) is 14.3. The average Bonchev–Trinajstić information content (AvgIpc) is 2.61. The number of benzene rings is 1. The van der Waals surface area contributed by atoms with E-state index in [0.717, 1.165) is 3.57 Å². The fraction of sp³-hybridized carbons (Fsp3) is 0.500. The van der Waals surface area contributed by atoms with Crippen LogP contribution in [-0.4, -0.2) is 48.4 Å². The van der Waals surface area contributed by atoms with Gasteiger partial charge in [-0.1, -0.05) is 12.1 Å². The zero-order chi connectivity index (χ0) is 18.2. The van der Waals surface area contributed by atoms with Crippen LogP contribution in [0.4, 0.5) is 4.79 Å². The molecule has 1 aromatic carbocycles. The van der Waals surface area contributed by atoms with E-state index in [4.69, 9.17) is 4.74 Å². The lowest BCUT2D eigenvalue weighted by Crippen LogP contribution is -2.46. The summed E-state index contributed by atoms with van der Waals surface area (Å²) in [6.07, 6.45) is 1.50. The molecular formula is C18H23IN2O4. The van der Waals surface area contributed by atoms with E-state index in [1.54, 1.807) is 24.0 Å². The van der Waals surface area contributed by atoms with Gasteiger partial charge in [0.2, 0.25) is 5.91 Å². The zero-order valence-corrected chi connectivity index (χ0v) is 16.5. The van der Waals surface area contributed by atoms with Gasteiger partial charge in [-0.15, -0.1) is 0 Å². The minimum absolute atomic E-state index is 0.0244. The highest BCUT2D eigenvalue weighted by Crippen LogP contribution is 2.13. The van der Waals surface area contributed by atoms with Crippen molar-refractivity contribution >= 4 is 40.4 Å². The Kier molecular flexibility index (Phi) is 7.67. The number of nitrogens with one attached hydrogen (secondary N) is 1. The van der Waals surface area contributed by atoms with Crippen molar-refractivity contribution in [3.63, 3.8) is 0 Å². The number of Topliss-reactive ketones (excluding diaryl/α,β-unsaturated/α-hetero) is 1. The molecule has 1 heterocycles. The largest absolute Gasteiger partial charge is 0.450 e. The molecule has 0 atom stereocenters. The molecule has 2 rings (SSSR count). The third-order valence-electron chi connectivity index (χ3n) is 4.13. The molecular weight excluding hydrogens is 435 g/mol. The number of hydrogen-bond donors (Lipinski definition) is 1. The fourth-order valence-corrected chi connectivity index (χ4v) is 3.09. The lowest BCUT2D eigenvalue weighted by molar-refractivity contribution is -0.122. The predicted octanol–water partition coefficient (Wildman–Crippen LogP) is 2.99. The standard InChI is InChI=1S/C18H23IN2O4/c1-2-25-18(24)21-11-9-15(10-12-21)20-17(23)8-7-16(22)13-3-5-14(19)6-4-13/h3-6,15H,2,7-12H2,1H3,(H,20,23). The van der Waals surface area contributed by atoms with Crippen LogP contribution >= 0.6 is 22.6 Å². The Morgan fingerprint density at radius 3 is 2.40 bits per heavy atom. The number of ketones is 1. The van der Waals surface area contributed by atoms with Crippen LogP contribution in [0.1, 0.15) is 43.0 Å². The van der Waals surface area contributed by atoms with E-state index >= 15 is 0 Å². The first-order valence-electron chi connectivity index (χ1n) is 8.49. The smallest absolute Gasteiger partial charge is 0.409 e. The molecule has 0 unspecified atom stereocenters. The first kappa shape index (κ1) is 19.7. The molecule has 1 aromatic rings. The first-order chi connectivity index (χ1) is 12.0. The van der Waals surface area contributed by atoms with Crippen molar-refractivity contribution in [3.05, 3.63) is 33.4 Å². The molecule has 0 aromatic heterocycles. The highest BCUT2D eigenvalue weighted by atomic mass is 127. The van der Waals surface area contributed by atoms with Crippen LogP contribution in [0, 0.1) is 3.57 Å². The minimum Gasteiger partial charge on any atom is -0.450 e. The molecule has 0 spiro atoms. The molecule has 7 heteroatoms. The van der Waals surface area contributed by atoms with E-state index < -0.39 is 0 Å². The third-order valence-corrected chi connectivity index (χ3v) is 4.85. The summed E-state index contributed by atoms with van der Waals surface area (Å²) in [5.41, 5.74) is 0.635. The van der Waals surface area contributed by atoms with Gasteiger partial charge in [-0.05, 0) is 54.5 Å². The van der Waals surface area contributed by atoms with Crippen LogP contribution in [0.2, 0.25) is 0 Å². The molecule has 1 N–H and O–H groups in total. The van der Waals surface area contributed by atoms with Crippen LogP contribution in [0.15, 0.2) is 24.3 Å². The Hall–Kier alpha value is -1.64. The van der Waals surface area contributed by atoms with E-state index in [1.165, 1.54) is 0 Å². The van der Waals surface area contributed by atoms with Crippen molar-refractivity contribution in [2.75, 3.05) is 19.7 Å². The maximum Gasteiger partial charge on any atom is 0.409 e. The molecule has 0 saturated carbocycles. The molecule has 6 nitrogen and oxygen atoms in total. The topological polar surface area (TPSA) is 75.7 Å². The molecule has 1 saturated heterocycles. The molecule has 0 radical (unpaired) electrons. The number of likely N-dealkylation sites (tertiary alicyclic amines) is 1. The van der Waals surface area contributed by atoms with Gasteiger partial charge < -0.3 is 15.0 Å². The van der Waals surface area contributed by atoms with Crippen molar-refractivity contribution in [1.82, 2.24) is 10.2 Å². The first-order valence-corrected chi connectivity index (χ1v) is 9.57. The minimum atomic E-state index is -0.296. The van der Waals surface area contributed by atoms with Crippen LogP contribution in [0.5, 0.6) is 0 Å². The molecule has 25 heavy (non-hydrogen) atoms. The summed E-state index contributed by atoms with van der Waals surface area (Å²) < 4.78 is 6.04. The van der Waals surface area contributed by atoms with Crippen molar-refractivity contribution in [2.45, 2.75) is 38.6 Å². The maximum absolute atomic E-state index is 12.1. The van der Waals surface area contributed by atoms with Crippen molar-refractivity contribution in [3.8, 4) is 0 Å². The van der Waals surface area contributed by atoms with E-state index in [2.05, 4.69) is 27.9 Å². The second kappa shape index (κ2) is 9.74. The highest BCUT2D eigenvalue weighted by molar-refractivity contribution is 14.1. The van der Waals surface area contributed by atoms with Crippen LogP contribution in [-0.2, 0) is 9.53 Å². The fourth-order valence-electron chi connectivity index (χ4n) is 2.73. The number of carbonyl (C=O) groups excluding carboxylic acids is 3. The van der Waals surface area contributed by atoms with E-state index in [0.29, 0.717) is 38.1 Å². The third kappa shape index (κ3) is 6.30. The van der Waals surface area contributed by atoms with Gasteiger partial charge in [0.1, 0.15) is 0 Å². The van der Waals surface area contributed by atoms with Gasteiger partial charge in [0.05, 0.1) is 6.61 Å². The summed E-state index contributed by atoms with van der Waals surface area (Å²) in [4.78, 5) is 37.4. The summed E-state index contributed by atoms with van der Waals surface area (Å²) in [7, 11) is 0. The number of halogens is 1. The predicted molar refractivity (Wildman–Crippen MR) is 102 cm³/mol. The Bertz CT molecular complexity index is 610. The van der Waals surface area contributed by atoms with Gasteiger partial charge in [-0.25, -0.2) is 4.79 Å². The Balaban J connectivity index is 1.70. The van der Waals surface area contributed by atoms with Gasteiger partial charge in [-0.3, -0.25) is 9.59 Å². The monoisotopic (exact) mass is 458 g/mol. The average molecular weight is 458 g/mol. The van der Waals surface area contributed by atoms with Crippen LogP contribution in [0.3, 0.4) is 0 Å². The molecule has 1 aliphatic rings. The summed E-state index contributed by atoms with van der Waals surface area (Å²) in [6.45, 7) is 3.29. The SMILES string of the molecule is CCOC(=O)N1CCC(NC(=O)CCC(=O)c2ccc(I)cc2)CC1. The van der Waals surface area contributed by atoms with Crippen molar-refractivity contribution < 1.29 is 19.1 Å². The van der Waals surface area contributed by atoms with Gasteiger partial charge in [0.25, 0.3) is 0 Å². The normalized spacial score (nSPS) is 14.9. The second-order valence-electron chi connectivity index (χ2n) is 5.96. The lowest BCUT2D eigenvalue weighted by Gasteiger charge is -2.31. The van der Waals surface area contributed by atoms with E-state index in [9.17, 15) is 14.4 Å². The Morgan fingerprint density at radius 2 is 1.80 bits per heavy atom. The number of carbonyl (C=O) groups is 3. The van der Waals surface area contributed by atoms with Gasteiger partial charge >= 0.3 is 6.09 Å². The van der Waals surface area contributed by atoms with Crippen molar-refractivity contribution in [1.29, 1.82) is 0 Å². The lowest BCUT2D eigenvalue weighted by atomic mass is 10.0. The summed E-state index contributed by atoms with van der Waals surface area (Å²) in [5, 5.41) is 2.96. The molecule has 1 aliphatic heterocycles. The van der Waals surface area contributed by atoms with Crippen molar-refractivity contribution in [2.24, 2.45) is 0 Å². The van der Waals surface area contributed by atoms with Crippen LogP contribution in [0.25, 0.3) is 0 Å². The van der Waals surface area contributed by atoms with Gasteiger partial charge in [0, 0.05) is 41.1 Å². The highest BCUT2D eigenvalue weighted by Gasteiger charge is 2.24. The quantitative estimate of drug-likeness (QED) is 0.526. The number of amides is 2. The summed E-state index contributed by atoms with van der Waals surface area (Å²) in [6, 6.07) is 7.38. The van der Waals surface area contributed by atoms with Gasteiger partial charge in [-0.2, -0.15) is 0 Å². The molecule has 2 amide bonds. The molecule has 0 aliphatic carbocycles. The Labute approximate surface area is 161 Å². The van der Waals surface area contributed by atoms with Gasteiger partial charge in [0.15, 0.2) is 5.78 Å². The number of piperidine rings is 1. The molecule has 1 fully saturated rings. The summed E-state index contributed by atoms with van der Waals surface area (Å²) >= 11 is 2.18. The van der Waals surface area contributed by atoms with E-state index in [-0.39, 0.29) is 36.7 Å². The maximum atomic E-state index is 12.1. The molecule has 0 bridgehead atoms. The molecule has 136 valence electrons. The number of hydrogen-bond acceptors (Lipinski definition) is 4. The second-order valence-corrected chi connectivity index (χ2v) is 7.20. The summed E-state index contributed by atoms with van der Waals surface area (Å²) in [5.74, 6) is -0.142. The number of nitrogens with zero attached hydrogens (tertiary/aromatic N) is 1. The van der Waals surface area contributed by atoms with Crippen LogP contribution < -0.4 is 5.32 Å². The van der Waals surface area contributed by atoms with E-state index in [1.807, 2.05) is 12.1 Å². The number of ether oxygens (including phenoxy) is 1. The Morgan fingerprint density at radius 1 is 1.16 bits per heavy atom.